The zero-order chi connectivity index (χ0) is 35.6. The van der Waals surface area contributed by atoms with E-state index in [0.29, 0.717) is 0 Å². The van der Waals surface area contributed by atoms with E-state index in [2.05, 4.69) is 193 Å². The van der Waals surface area contributed by atoms with Crippen LogP contribution in [0.5, 0.6) is 0 Å². The zero-order valence-electron chi connectivity index (χ0n) is 29.4. The summed E-state index contributed by atoms with van der Waals surface area (Å²) in [5.74, 6) is 0. The molecule has 11 rings (SSSR count). The molecule has 0 aliphatic rings. The SMILES string of the molecule is c1ccc(-c2cccc(N(c3ccc(-c4ccc5c(ccc6ccc7ccccc7c65)c4)cc3)c3ccc4ccc5c6ccccc6oc5c4c3)c2)cc1. The van der Waals surface area contributed by atoms with E-state index in [4.69, 9.17) is 4.42 Å². The van der Waals surface area contributed by atoms with Crippen molar-refractivity contribution in [2.75, 3.05) is 4.90 Å². The Hall–Kier alpha value is -7.16. The van der Waals surface area contributed by atoms with Gasteiger partial charge in [0.05, 0.1) is 0 Å². The van der Waals surface area contributed by atoms with Gasteiger partial charge in [0, 0.05) is 33.2 Å². The summed E-state index contributed by atoms with van der Waals surface area (Å²) in [5.41, 5.74) is 9.80. The highest BCUT2D eigenvalue weighted by Gasteiger charge is 2.17. The van der Waals surface area contributed by atoms with E-state index in [1.807, 2.05) is 12.1 Å². The van der Waals surface area contributed by atoms with Gasteiger partial charge >= 0.3 is 0 Å². The molecule has 0 aliphatic carbocycles. The molecule has 0 unspecified atom stereocenters. The lowest BCUT2D eigenvalue weighted by Crippen LogP contribution is -2.10. The van der Waals surface area contributed by atoms with Gasteiger partial charge in [-0.25, -0.2) is 0 Å². The molecule has 1 heterocycles. The number of para-hydroxylation sites is 1. The third kappa shape index (κ3) is 4.96. The van der Waals surface area contributed by atoms with E-state index in [1.54, 1.807) is 0 Å². The zero-order valence-corrected chi connectivity index (χ0v) is 29.4. The van der Waals surface area contributed by atoms with E-state index in [-0.39, 0.29) is 0 Å². The van der Waals surface area contributed by atoms with Gasteiger partial charge in [0.15, 0.2) is 0 Å². The molecule has 0 atom stereocenters. The first-order chi connectivity index (χ1) is 26.7. The summed E-state index contributed by atoms with van der Waals surface area (Å²) < 4.78 is 6.51. The molecule has 54 heavy (non-hydrogen) atoms. The Morgan fingerprint density at radius 3 is 1.76 bits per heavy atom. The summed E-state index contributed by atoms with van der Waals surface area (Å²) >= 11 is 0. The molecular weight excluding hydrogens is 655 g/mol. The largest absolute Gasteiger partial charge is 0.455 e. The number of benzene rings is 10. The van der Waals surface area contributed by atoms with Crippen LogP contribution in [0.15, 0.2) is 205 Å². The normalized spacial score (nSPS) is 11.7. The minimum Gasteiger partial charge on any atom is -0.455 e. The van der Waals surface area contributed by atoms with Crippen molar-refractivity contribution in [1.29, 1.82) is 0 Å². The van der Waals surface area contributed by atoms with Gasteiger partial charge in [-0.1, -0.05) is 146 Å². The second-order valence-electron chi connectivity index (χ2n) is 14.1. The number of rotatable bonds is 5. The summed E-state index contributed by atoms with van der Waals surface area (Å²) in [5, 5.41) is 12.2. The number of hydrogen-bond acceptors (Lipinski definition) is 2. The molecule has 0 aliphatic heterocycles. The molecule has 2 heteroatoms. The van der Waals surface area contributed by atoms with Crippen LogP contribution in [-0.2, 0) is 0 Å². The molecular formula is C52H33NO. The van der Waals surface area contributed by atoms with Gasteiger partial charge in [-0.2, -0.15) is 0 Å². The molecule has 252 valence electrons. The van der Waals surface area contributed by atoms with Crippen LogP contribution in [0.3, 0.4) is 0 Å². The first-order valence-corrected chi connectivity index (χ1v) is 18.5. The highest BCUT2D eigenvalue weighted by atomic mass is 16.3. The quantitative estimate of drug-likeness (QED) is 0.168. The van der Waals surface area contributed by atoms with Crippen LogP contribution >= 0.6 is 0 Å². The average Bonchev–Trinajstić information content (AvgIpc) is 3.63. The second-order valence-corrected chi connectivity index (χ2v) is 14.1. The summed E-state index contributed by atoms with van der Waals surface area (Å²) in [6.45, 7) is 0. The Bertz CT molecular complexity index is 3210. The lowest BCUT2D eigenvalue weighted by atomic mass is 9.94. The maximum absolute atomic E-state index is 6.51. The first kappa shape index (κ1) is 30.5. The summed E-state index contributed by atoms with van der Waals surface area (Å²) in [4.78, 5) is 2.36. The van der Waals surface area contributed by atoms with Crippen molar-refractivity contribution < 1.29 is 4.42 Å². The summed E-state index contributed by atoms with van der Waals surface area (Å²) in [6.07, 6.45) is 0. The van der Waals surface area contributed by atoms with Crippen LogP contribution in [0.25, 0.3) is 87.3 Å². The average molecular weight is 688 g/mol. The van der Waals surface area contributed by atoms with Crippen LogP contribution in [0, 0.1) is 0 Å². The maximum atomic E-state index is 6.51. The molecule has 10 aromatic carbocycles. The Labute approximate surface area is 312 Å². The smallest absolute Gasteiger partial charge is 0.143 e. The minimum atomic E-state index is 0.906. The predicted molar refractivity (Wildman–Crippen MR) is 229 cm³/mol. The fourth-order valence-electron chi connectivity index (χ4n) is 8.35. The van der Waals surface area contributed by atoms with Crippen LogP contribution in [-0.4, -0.2) is 0 Å². The van der Waals surface area contributed by atoms with Gasteiger partial charge < -0.3 is 9.32 Å². The Morgan fingerprint density at radius 2 is 0.870 bits per heavy atom. The summed E-state index contributed by atoms with van der Waals surface area (Å²) in [7, 11) is 0. The van der Waals surface area contributed by atoms with Crippen molar-refractivity contribution in [1.82, 2.24) is 0 Å². The summed E-state index contributed by atoms with van der Waals surface area (Å²) in [6, 6.07) is 72.3. The molecule has 11 aromatic rings. The topological polar surface area (TPSA) is 16.4 Å². The van der Waals surface area contributed by atoms with Crippen molar-refractivity contribution in [3.63, 3.8) is 0 Å². The minimum absolute atomic E-state index is 0.906. The highest BCUT2D eigenvalue weighted by molar-refractivity contribution is 6.20. The van der Waals surface area contributed by atoms with Gasteiger partial charge in [-0.05, 0) is 115 Å². The fraction of sp³-hybridized carbons (Fsp3) is 0. The van der Waals surface area contributed by atoms with Crippen LogP contribution in [0.2, 0.25) is 0 Å². The van der Waals surface area contributed by atoms with Crippen molar-refractivity contribution in [3.05, 3.63) is 200 Å². The molecule has 0 fully saturated rings. The Kier molecular flexibility index (Phi) is 6.90. The Morgan fingerprint density at radius 1 is 0.296 bits per heavy atom. The fourth-order valence-corrected chi connectivity index (χ4v) is 8.35. The van der Waals surface area contributed by atoms with Crippen LogP contribution in [0.4, 0.5) is 17.1 Å². The molecule has 0 spiro atoms. The number of furan rings is 1. The molecule has 0 bridgehead atoms. The number of nitrogens with zero attached hydrogens (tertiary/aromatic N) is 1. The second kappa shape index (κ2) is 12.2. The van der Waals surface area contributed by atoms with Crippen molar-refractivity contribution in [2.24, 2.45) is 0 Å². The number of fused-ring (bicyclic) bond motifs is 10. The van der Waals surface area contributed by atoms with Crippen LogP contribution in [0.1, 0.15) is 0 Å². The Balaban J connectivity index is 1.04. The lowest BCUT2D eigenvalue weighted by molar-refractivity contribution is 0.672. The predicted octanol–water partition coefficient (Wildman–Crippen LogP) is 15.0. The highest BCUT2D eigenvalue weighted by Crippen LogP contribution is 2.42. The number of hydrogen-bond donors (Lipinski definition) is 0. The molecule has 0 radical (unpaired) electrons. The van der Waals surface area contributed by atoms with Crippen molar-refractivity contribution >= 4 is 82.1 Å². The van der Waals surface area contributed by atoms with Crippen molar-refractivity contribution in [3.8, 4) is 22.3 Å². The van der Waals surface area contributed by atoms with Crippen molar-refractivity contribution in [2.45, 2.75) is 0 Å². The third-order valence-corrected chi connectivity index (χ3v) is 11.0. The van der Waals surface area contributed by atoms with E-state index in [9.17, 15) is 0 Å². The van der Waals surface area contributed by atoms with Crippen LogP contribution < -0.4 is 4.90 Å². The molecule has 0 saturated carbocycles. The van der Waals surface area contributed by atoms with Gasteiger partial charge in [0.25, 0.3) is 0 Å². The van der Waals surface area contributed by atoms with E-state index >= 15 is 0 Å². The third-order valence-electron chi connectivity index (χ3n) is 11.0. The van der Waals surface area contributed by atoms with Gasteiger partial charge in [0.2, 0.25) is 0 Å². The van der Waals surface area contributed by atoms with Gasteiger partial charge in [-0.3, -0.25) is 0 Å². The van der Waals surface area contributed by atoms with E-state index < -0.39 is 0 Å². The monoisotopic (exact) mass is 687 g/mol. The molecule has 0 saturated heterocycles. The number of anilines is 3. The molecule has 1 aromatic heterocycles. The van der Waals surface area contributed by atoms with Gasteiger partial charge in [-0.15, -0.1) is 0 Å². The first-order valence-electron chi connectivity index (χ1n) is 18.5. The molecule has 0 N–H and O–H groups in total. The standard InChI is InChI=1S/C52H33NO/c1-2-9-34(10-3-1)39-12-8-13-43(32-39)53(44-28-23-37-24-30-48-47-15-6-7-16-50(47)54-52(48)49(37)33-44)42-26-21-35(22-27-42)40-25-29-46-41(31-40)20-19-38-18-17-36-11-4-5-14-45(36)51(38)46/h1-33H. The van der Waals surface area contributed by atoms with E-state index in [1.165, 1.54) is 54.6 Å². The maximum Gasteiger partial charge on any atom is 0.143 e. The molecule has 2 nitrogen and oxygen atoms in total. The molecule has 0 amide bonds. The van der Waals surface area contributed by atoms with E-state index in [0.717, 1.165) is 49.8 Å². The van der Waals surface area contributed by atoms with Gasteiger partial charge in [0.1, 0.15) is 11.2 Å². The lowest BCUT2D eigenvalue weighted by Gasteiger charge is -2.26.